The number of hydrogen-bond acceptors (Lipinski definition) is 4. The van der Waals surface area contributed by atoms with E-state index >= 15 is 0 Å². The summed E-state index contributed by atoms with van der Waals surface area (Å²) in [6, 6.07) is 20.1. The second kappa shape index (κ2) is 9.24. The number of non-ortho nitro benzene ring substituents is 1. The quantitative estimate of drug-likeness (QED) is 0.374. The Morgan fingerprint density at radius 1 is 1.04 bits per heavy atom. The van der Waals surface area contributed by atoms with Crippen molar-refractivity contribution in [3.63, 3.8) is 0 Å². The van der Waals surface area contributed by atoms with Gasteiger partial charge in [-0.25, -0.2) is 0 Å². The normalized spacial score (nSPS) is 10.5. The van der Waals surface area contributed by atoms with Crippen molar-refractivity contribution in [2.75, 3.05) is 5.32 Å². The van der Waals surface area contributed by atoms with Gasteiger partial charge >= 0.3 is 0 Å². The molecule has 0 spiro atoms. The van der Waals surface area contributed by atoms with Crippen LogP contribution in [0.25, 0.3) is 0 Å². The van der Waals surface area contributed by atoms with Crippen molar-refractivity contribution in [2.24, 2.45) is 0 Å². The Hall–Kier alpha value is -3.05. The molecule has 0 saturated heterocycles. The molecule has 28 heavy (non-hydrogen) atoms. The molecule has 6 heteroatoms. The lowest BCUT2D eigenvalue weighted by molar-refractivity contribution is -0.384. The van der Waals surface area contributed by atoms with E-state index in [1.54, 1.807) is 18.2 Å². The molecule has 1 N–H and O–H groups in total. The second-order valence-electron chi connectivity index (χ2n) is 6.33. The summed E-state index contributed by atoms with van der Waals surface area (Å²) in [5.41, 5.74) is 4.20. The zero-order valence-corrected chi connectivity index (χ0v) is 16.3. The molecular formula is C22H21ClN2O3. The standard InChI is InChI=1S/C22H21ClN2O3/c1-2-17-5-3-4-6-21(17)24-14-18-13-19(23)9-12-22(18)28-15-16-7-10-20(11-8-16)25(26)27/h3-13,24H,2,14-15H2,1H3. The summed E-state index contributed by atoms with van der Waals surface area (Å²) in [5, 5.41) is 14.9. The van der Waals surface area contributed by atoms with Gasteiger partial charge in [-0.05, 0) is 53.9 Å². The van der Waals surface area contributed by atoms with Gasteiger partial charge in [0.25, 0.3) is 5.69 Å². The molecule has 0 amide bonds. The summed E-state index contributed by atoms with van der Waals surface area (Å²) in [7, 11) is 0. The summed E-state index contributed by atoms with van der Waals surface area (Å²) >= 11 is 6.17. The zero-order valence-electron chi connectivity index (χ0n) is 15.5. The van der Waals surface area contributed by atoms with Crippen LogP contribution in [0.2, 0.25) is 5.02 Å². The maximum absolute atomic E-state index is 10.8. The molecule has 0 aliphatic rings. The predicted molar refractivity (Wildman–Crippen MR) is 112 cm³/mol. The molecule has 144 valence electrons. The van der Waals surface area contributed by atoms with E-state index in [1.165, 1.54) is 17.7 Å². The van der Waals surface area contributed by atoms with Crippen molar-refractivity contribution in [3.8, 4) is 5.75 Å². The van der Waals surface area contributed by atoms with Crippen LogP contribution in [0.4, 0.5) is 11.4 Å². The fourth-order valence-electron chi connectivity index (χ4n) is 2.89. The number of nitro benzene ring substituents is 1. The van der Waals surface area contributed by atoms with E-state index in [9.17, 15) is 10.1 Å². The number of anilines is 1. The highest BCUT2D eigenvalue weighted by Gasteiger charge is 2.08. The highest BCUT2D eigenvalue weighted by atomic mass is 35.5. The minimum Gasteiger partial charge on any atom is -0.489 e. The molecule has 0 aliphatic carbocycles. The van der Waals surface area contributed by atoms with Gasteiger partial charge in [-0.1, -0.05) is 36.7 Å². The molecule has 3 aromatic rings. The van der Waals surface area contributed by atoms with E-state index in [1.807, 2.05) is 24.3 Å². The molecule has 0 atom stereocenters. The number of aryl methyl sites for hydroxylation is 1. The van der Waals surface area contributed by atoms with Gasteiger partial charge < -0.3 is 10.1 Å². The van der Waals surface area contributed by atoms with Crippen LogP contribution in [0.3, 0.4) is 0 Å². The van der Waals surface area contributed by atoms with Crippen LogP contribution in [0.5, 0.6) is 5.75 Å². The van der Waals surface area contributed by atoms with Crippen LogP contribution in [-0.2, 0) is 19.6 Å². The predicted octanol–water partition coefficient (Wildman–Crippen LogP) is 6.00. The van der Waals surface area contributed by atoms with Gasteiger partial charge in [0, 0.05) is 35.0 Å². The highest BCUT2D eigenvalue weighted by Crippen LogP contribution is 2.26. The van der Waals surface area contributed by atoms with Gasteiger partial charge in [-0.15, -0.1) is 0 Å². The van der Waals surface area contributed by atoms with Crippen LogP contribution in [0.1, 0.15) is 23.6 Å². The molecule has 0 bridgehead atoms. The summed E-state index contributed by atoms with van der Waals surface area (Å²) < 4.78 is 5.96. The Balaban J connectivity index is 1.70. The molecule has 0 radical (unpaired) electrons. The SMILES string of the molecule is CCc1ccccc1NCc1cc(Cl)ccc1OCc1ccc([N+](=O)[O-])cc1. The number of benzene rings is 3. The molecule has 0 aliphatic heterocycles. The first kappa shape index (κ1) is 19.7. The van der Waals surface area contributed by atoms with E-state index in [0.29, 0.717) is 18.2 Å². The van der Waals surface area contributed by atoms with E-state index in [2.05, 4.69) is 24.4 Å². The Kier molecular flexibility index (Phi) is 6.50. The summed E-state index contributed by atoms with van der Waals surface area (Å²) in [6.07, 6.45) is 0.947. The number of nitrogens with one attached hydrogen (secondary N) is 1. The Morgan fingerprint density at radius 2 is 1.79 bits per heavy atom. The number of nitrogens with zero attached hydrogens (tertiary/aromatic N) is 1. The Bertz CT molecular complexity index is 958. The third-order valence-corrected chi connectivity index (χ3v) is 4.67. The van der Waals surface area contributed by atoms with Gasteiger partial charge in [0.2, 0.25) is 0 Å². The maximum atomic E-state index is 10.8. The number of rotatable bonds is 8. The van der Waals surface area contributed by atoms with Crippen molar-refractivity contribution < 1.29 is 9.66 Å². The molecule has 3 aromatic carbocycles. The first-order valence-electron chi connectivity index (χ1n) is 9.03. The minimum absolute atomic E-state index is 0.0646. The molecule has 0 aromatic heterocycles. The van der Waals surface area contributed by atoms with Crippen molar-refractivity contribution in [1.82, 2.24) is 0 Å². The van der Waals surface area contributed by atoms with E-state index in [-0.39, 0.29) is 5.69 Å². The maximum Gasteiger partial charge on any atom is 0.269 e. The minimum atomic E-state index is -0.415. The van der Waals surface area contributed by atoms with Crippen molar-refractivity contribution in [2.45, 2.75) is 26.5 Å². The first-order chi connectivity index (χ1) is 13.6. The smallest absolute Gasteiger partial charge is 0.269 e. The van der Waals surface area contributed by atoms with Crippen LogP contribution >= 0.6 is 11.6 Å². The lowest BCUT2D eigenvalue weighted by atomic mass is 10.1. The van der Waals surface area contributed by atoms with Gasteiger partial charge in [0.05, 0.1) is 4.92 Å². The van der Waals surface area contributed by atoms with Gasteiger partial charge in [-0.2, -0.15) is 0 Å². The lowest BCUT2D eigenvalue weighted by Gasteiger charge is -2.15. The van der Waals surface area contributed by atoms with Crippen molar-refractivity contribution in [1.29, 1.82) is 0 Å². The highest BCUT2D eigenvalue weighted by molar-refractivity contribution is 6.30. The third kappa shape index (κ3) is 5.02. The van der Waals surface area contributed by atoms with Crippen molar-refractivity contribution >= 4 is 23.0 Å². The fourth-order valence-corrected chi connectivity index (χ4v) is 3.09. The summed E-state index contributed by atoms with van der Waals surface area (Å²) in [6.45, 7) is 3.02. The lowest BCUT2D eigenvalue weighted by Crippen LogP contribution is -2.05. The molecule has 0 unspecified atom stereocenters. The summed E-state index contributed by atoms with van der Waals surface area (Å²) in [4.78, 5) is 10.3. The van der Waals surface area contributed by atoms with Crippen LogP contribution in [0.15, 0.2) is 66.7 Å². The zero-order chi connectivity index (χ0) is 19.9. The number of halogens is 1. The van der Waals surface area contributed by atoms with Gasteiger partial charge in [0.15, 0.2) is 0 Å². The molecule has 0 saturated carbocycles. The van der Waals surface area contributed by atoms with E-state index < -0.39 is 4.92 Å². The van der Waals surface area contributed by atoms with Crippen LogP contribution in [-0.4, -0.2) is 4.92 Å². The second-order valence-corrected chi connectivity index (χ2v) is 6.76. The number of para-hydroxylation sites is 1. The first-order valence-corrected chi connectivity index (χ1v) is 9.41. The molecule has 0 heterocycles. The fraction of sp³-hybridized carbons (Fsp3) is 0.182. The molecule has 0 fully saturated rings. The van der Waals surface area contributed by atoms with Crippen molar-refractivity contribution in [3.05, 3.63) is 98.6 Å². The molecule has 3 rings (SSSR count). The van der Waals surface area contributed by atoms with Gasteiger partial charge in [0.1, 0.15) is 12.4 Å². The van der Waals surface area contributed by atoms with E-state index in [0.717, 1.165) is 29.0 Å². The average Bonchev–Trinajstić information content (AvgIpc) is 2.72. The number of ether oxygens (including phenoxy) is 1. The average molecular weight is 397 g/mol. The van der Waals surface area contributed by atoms with Gasteiger partial charge in [-0.3, -0.25) is 10.1 Å². The monoisotopic (exact) mass is 396 g/mol. The molecular weight excluding hydrogens is 376 g/mol. The topological polar surface area (TPSA) is 64.4 Å². The van der Waals surface area contributed by atoms with Crippen LogP contribution in [0, 0.1) is 10.1 Å². The Morgan fingerprint density at radius 3 is 2.50 bits per heavy atom. The Labute approximate surface area is 169 Å². The summed E-state index contributed by atoms with van der Waals surface area (Å²) in [5.74, 6) is 0.726. The third-order valence-electron chi connectivity index (χ3n) is 4.43. The van der Waals surface area contributed by atoms with E-state index in [4.69, 9.17) is 16.3 Å². The van der Waals surface area contributed by atoms with Crippen LogP contribution < -0.4 is 10.1 Å². The largest absolute Gasteiger partial charge is 0.489 e. The number of hydrogen-bond donors (Lipinski definition) is 1. The molecule has 5 nitrogen and oxygen atoms in total. The number of nitro groups is 1.